The molecule has 1 saturated heterocycles. The first-order chi connectivity index (χ1) is 15.4. The van der Waals surface area contributed by atoms with E-state index in [-0.39, 0.29) is 18.3 Å². The molecule has 0 aromatic heterocycles. The minimum atomic E-state index is -4.43. The third kappa shape index (κ3) is 7.11. The zero-order valence-corrected chi connectivity index (χ0v) is 18.9. The molecule has 0 spiro atoms. The van der Waals surface area contributed by atoms with E-state index >= 15 is 0 Å². The first kappa shape index (κ1) is 24.9. The third-order valence-corrected chi connectivity index (χ3v) is 5.39. The van der Waals surface area contributed by atoms with Crippen LogP contribution in [0.15, 0.2) is 54.6 Å². The maximum atomic E-state index is 14.2. The van der Waals surface area contributed by atoms with Gasteiger partial charge in [-0.15, -0.1) is 0 Å². The Hall–Kier alpha value is -2.77. The second-order valence-electron chi connectivity index (χ2n) is 9.24. The van der Waals surface area contributed by atoms with Crippen molar-refractivity contribution in [2.75, 3.05) is 6.54 Å². The van der Waals surface area contributed by atoms with E-state index in [1.807, 2.05) is 30.3 Å². The van der Waals surface area contributed by atoms with Gasteiger partial charge in [-0.25, -0.2) is 9.18 Å². The molecule has 2 aromatic carbocycles. The van der Waals surface area contributed by atoms with Gasteiger partial charge >= 0.3 is 12.3 Å². The van der Waals surface area contributed by atoms with Crippen LogP contribution in [0.1, 0.15) is 57.3 Å². The lowest BCUT2D eigenvalue weighted by atomic mass is 9.93. The van der Waals surface area contributed by atoms with Crippen molar-refractivity contribution in [3.63, 3.8) is 0 Å². The molecule has 3 atom stereocenters. The van der Waals surface area contributed by atoms with E-state index in [0.29, 0.717) is 19.3 Å². The van der Waals surface area contributed by atoms with Gasteiger partial charge < -0.3 is 14.4 Å². The second kappa shape index (κ2) is 10.0. The molecule has 8 heteroatoms. The Kier molecular flexibility index (Phi) is 7.55. The van der Waals surface area contributed by atoms with Gasteiger partial charge in [-0.05, 0) is 63.4 Å². The number of likely N-dealkylation sites (tertiary alicyclic amines) is 1. The normalized spacial score (nSPS) is 20.3. The Morgan fingerprint density at radius 3 is 2.24 bits per heavy atom. The minimum absolute atomic E-state index is 0.0681. The van der Waals surface area contributed by atoms with Gasteiger partial charge in [0.15, 0.2) is 0 Å². The van der Waals surface area contributed by atoms with Crippen LogP contribution in [0.5, 0.6) is 5.75 Å². The number of amides is 1. The van der Waals surface area contributed by atoms with Crippen molar-refractivity contribution >= 4 is 6.09 Å². The van der Waals surface area contributed by atoms with Gasteiger partial charge in [-0.2, -0.15) is 13.2 Å². The maximum absolute atomic E-state index is 14.2. The van der Waals surface area contributed by atoms with Gasteiger partial charge in [-0.1, -0.05) is 30.3 Å². The highest BCUT2D eigenvalue weighted by atomic mass is 19.4. The monoisotopic (exact) mass is 467 g/mol. The van der Waals surface area contributed by atoms with Crippen LogP contribution in [0.2, 0.25) is 0 Å². The number of halogens is 4. The van der Waals surface area contributed by atoms with Gasteiger partial charge in [0.05, 0.1) is 12.1 Å². The molecular weight excluding hydrogens is 438 g/mol. The summed E-state index contributed by atoms with van der Waals surface area (Å²) in [6, 6.07) is 13.4. The van der Waals surface area contributed by atoms with E-state index in [1.165, 1.54) is 17.0 Å². The van der Waals surface area contributed by atoms with E-state index in [0.717, 1.165) is 17.7 Å². The first-order valence-electron chi connectivity index (χ1n) is 10.9. The molecular formula is C25H29F4NO3. The van der Waals surface area contributed by atoms with Crippen LogP contribution in [0, 0.1) is 0 Å². The highest BCUT2D eigenvalue weighted by Gasteiger charge is 2.36. The van der Waals surface area contributed by atoms with Crippen molar-refractivity contribution < 1.29 is 31.8 Å². The Balaban J connectivity index is 1.82. The fourth-order valence-corrected chi connectivity index (χ4v) is 3.83. The molecule has 180 valence electrons. The summed E-state index contributed by atoms with van der Waals surface area (Å²) in [6.45, 7) is 5.17. The SMILES string of the molecule is CC(C)(C)OC(=O)N1C[C@@H](F)CC[C@@H]1C[C@H](Oc1ccc(C(F)(F)F)cc1)c1ccccc1. The van der Waals surface area contributed by atoms with Crippen LogP contribution in [-0.4, -0.2) is 35.4 Å². The quantitative estimate of drug-likeness (QED) is 0.447. The number of piperidine rings is 1. The average Bonchev–Trinajstić information content (AvgIpc) is 2.73. The summed E-state index contributed by atoms with van der Waals surface area (Å²) in [4.78, 5) is 14.2. The van der Waals surface area contributed by atoms with Crippen molar-refractivity contribution in [2.24, 2.45) is 0 Å². The lowest BCUT2D eigenvalue weighted by molar-refractivity contribution is -0.137. The number of benzene rings is 2. The topological polar surface area (TPSA) is 38.8 Å². The van der Waals surface area contributed by atoms with Crippen molar-refractivity contribution in [1.82, 2.24) is 4.90 Å². The summed E-state index contributed by atoms with van der Waals surface area (Å²) in [5.74, 6) is 0.278. The summed E-state index contributed by atoms with van der Waals surface area (Å²) in [6.07, 6.45) is -5.62. The Bertz CT molecular complexity index is 910. The predicted octanol–water partition coefficient (Wildman–Crippen LogP) is 6.95. The van der Waals surface area contributed by atoms with Crippen molar-refractivity contribution in [3.05, 3.63) is 65.7 Å². The Morgan fingerprint density at radius 1 is 1.03 bits per heavy atom. The van der Waals surface area contributed by atoms with E-state index in [4.69, 9.17) is 9.47 Å². The van der Waals surface area contributed by atoms with Crippen LogP contribution in [-0.2, 0) is 10.9 Å². The molecule has 1 aliphatic rings. The standard InChI is InChI=1S/C25H29F4NO3/c1-24(2,3)33-23(31)30-16-19(26)11-12-20(30)15-22(17-7-5-4-6-8-17)32-21-13-9-18(10-14-21)25(27,28)29/h4-10,13-14,19-20,22H,11-12,15-16H2,1-3H3/t19-,20+,22-/m0/s1. The summed E-state index contributed by atoms with van der Waals surface area (Å²) >= 11 is 0. The summed E-state index contributed by atoms with van der Waals surface area (Å²) in [5, 5.41) is 0. The van der Waals surface area contributed by atoms with E-state index in [1.54, 1.807) is 20.8 Å². The number of nitrogens with zero attached hydrogens (tertiary/aromatic N) is 1. The number of alkyl halides is 4. The molecule has 0 saturated carbocycles. The zero-order chi connectivity index (χ0) is 24.2. The molecule has 0 unspecified atom stereocenters. The molecule has 2 aromatic rings. The molecule has 3 rings (SSSR count). The van der Waals surface area contributed by atoms with Gasteiger partial charge in [0, 0.05) is 12.5 Å². The highest BCUT2D eigenvalue weighted by Crippen LogP contribution is 2.34. The van der Waals surface area contributed by atoms with Gasteiger partial charge in [0.2, 0.25) is 0 Å². The number of hydrogen-bond donors (Lipinski definition) is 0. The molecule has 1 heterocycles. The largest absolute Gasteiger partial charge is 0.486 e. The lowest BCUT2D eigenvalue weighted by Gasteiger charge is -2.39. The first-order valence-corrected chi connectivity index (χ1v) is 10.9. The Morgan fingerprint density at radius 2 is 1.67 bits per heavy atom. The fraction of sp³-hybridized carbons (Fsp3) is 0.480. The molecule has 1 fully saturated rings. The fourth-order valence-electron chi connectivity index (χ4n) is 3.83. The molecule has 0 N–H and O–H groups in total. The summed E-state index contributed by atoms with van der Waals surface area (Å²) in [5.41, 5.74) is -0.673. The van der Waals surface area contributed by atoms with E-state index in [9.17, 15) is 22.4 Å². The van der Waals surface area contributed by atoms with Crippen LogP contribution in [0.4, 0.5) is 22.4 Å². The molecule has 1 aliphatic heterocycles. The number of hydrogen-bond acceptors (Lipinski definition) is 3. The van der Waals surface area contributed by atoms with Gasteiger partial charge in [-0.3, -0.25) is 0 Å². The highest BCUT2D eigenvalue weighted by molar-refractivity contribution is 5.68. The van der Waals surface area contributed by atoms with Crippen LogP contribution in [0.3, 0.4) is 0 Å². The van der Waals surface area contributed by atoms with Crippen LogP contribution in [0.25, 0.3) is 0 Å². The van der Waals surface area contributed by atoms with Crippen molar-refractivity contribution in [2.45, 2.75) is 70.1 Å². The van der Waals surface area contributed by atoms with Crippen molar-refractivity contribution in [1.29, 1.82) is 0 Å². The third-order valence-electron chi connectivity index (χ3n) is 5.39. The zero-order valence-electron chi connectivity index (χ0n) is 18.9. The van der Waals surface area contributed by atoms with E-state index < -0.39 is 35.7 Å². The van der Waals surface area contributed by atoms with Gasteiger partial charge in [0.25, 0.3) is 0 Å². The average molecular weight is 468 g/mol. The number of carbonyl (C=O) groups is 1. The van der Waals surface area contributed by atoms with E-state index in [2.05, 4.69) is 0 Å². The lowest BCUT2D eigenvalue weighted by Crippen LogP contribution is -2.50. The molecule has 33 heavy (non-hydrogen) atoms. The minimum Gasteiger partial charge on any atom is -0.486 e. The summed E-state index contributed by atoms with van der Waals surface area (Å²) < 4.78 is 64.4. The molecule has 1 amide bonds. The summed E-state index contributed by atoms with van der Waals surface area (Å²) in [7, 11) is 0. The Labute approximate surface area is 191 Å². The number of ether oxygens (including phenoxy) is 2. The smallest absolute Gasteiger partial charge is 0.416 e. The molecule has 0 aliphatic carbocycles. The maximum Gasteiger partial charge on any atom is 0.416 e. The number of rotatable bonds is 5. The van der Waals surface area contributed by atoms with Crippen molar-refractivity contribution in [3.8, 4) is 5.75 Å². The van der Waals surface area contributed by atoms with Crippen LogP contribution < -0.4 is 4.74 Å². The van der Waals surface area contributed by atoms with Gasteiger partial charge in [0.1, 0.15) is 23.6 Å². The molecule has 0 radical (unpaired) electrons. The number of carbonyl (C=O) groups excluding carboxylic acids is 1. The van der Waals surface area contributed by atoms with Crippen LogP contribution >= 0.6 is 0 Å². The predicted molar refractivity (Wildman–Crippen MR) is 117 cm³/mol. The molecule has 0 bridgehead atoms. The molecule has 4 nitrogen and oxygen atoms in total. The second-order valence-corrected chi connectivity index (χ2v) is 9.24.